The highest BCUT2D eigenvalue weighted by atomic mass is 32.2. The van der Waals surface area contributed by atoms with Gasteiger partial charge in [-0.15, -0.1) is 0 Å². The number of carbonyl (C=O) groups is 1. The van der Waals surface area contributed by atoms with Crippen LogP contribution in [0.4, 0.5) is 5.69 Å². The number of rotatable bonds is 14. The molecule has 2 aliphatic rings. The van der Waals surface area contributed by atoms with Crippen molar-refractivity contribution in [1.82, 2.24) is 14.6 Å². The smallest absolute Gasteiger partial charge is 0.246 e. The first kappa shape index (κ1) is 35.8. The van der Waals surface area contributed by atoms with E-state index in [1.807, 2.05) is 64.1 Å². The highest BCUT2D eigenvalue weighted by Crippen LogP contribution is 2.43. The molecule has 47 heavy (non-hydrogen) atoms. The van der Waals surface area contributed by atoms with E-state index in [9.17, 15) is 26.2 Å². The van der Waals surface area contributed by atoms with Gasteiger partial charge in [0.15, 0.2) is 0 Å². The van der Waals surface area contributed by atoms with E-state index >= 15 is 0 Å². The summed E-state index contributed by atoms with van der Waals surface area (Å²) in [6.07, 6.45) is 0.277. The number of fused-ring (bicyclic) bond motifs is 2. The van der Waals surface area contributed by atoms with Crippen LogP contribution in [-0.4, -0.2) is 66.6 Å². The summed E-state index contributed by atoms with van der Waals surface area (Å²) in [6, 6.07) is 14.8. The van der Waals surface area contributed by atoms with Gasteiger partial charge in [0.05, 0.1) is 15.9 Å². The summed E-state index contributed by atoms with van der Waals surface area (Å²) in [7, 11) is -9.35. The highest BCUT2D eigenvalue weighted by molar-refractivity contribution is 7.89. The monoisotopic (exact) mass is 682 g/mol. The number of carbonyl (C=O) groups excluding carboxylic acids is 1. The molecule has 0 bridgehead atoms. The van der Waals surface area contributed by atoms with Gasteiger partial charge in [0.1, 0.15) is 34.6 Å². The first-order chi connectivity index (χ1) is 22.2. The molecule has 1 amide bonds. The summed E-state index contributed by atoms with van der Waals surface area (Å²) >= 11 is 0. The zero-order valence-corrected chi connectivity index (χ0v) is 29.1. The summed E-state index contributed by atoms with van der Waals surface area (Å²) in [4.78, 5) is 12.8. The summed E-state index contributed by atoms with van der Waals surface area (Å²) in [5.74, 6) is 0.149. The molecule has 4 rings (SSSR count). The van der Waals surface area contributed by atoms with Crippen LogP contribution in [0.5, 0.6) is 0 Å². The molecule has 2 N–H and O–H groups in total. The maximum absolute atomic E-state index is 13.2. The van der Waals surface area contributed by atoms with Gasteiger partial charge in [-0.1, -0.05) is 12.6 Å². The van der Waals surface area contributed by atoms with Gasteiger partial charge < -0.3 is 19.2 Å². The Labute approximate surface area is 276 Å². The Hall–Kier alpha value is -4.04. The lowest BCUT2D eigenvalue weighted by Gasteiger charge is -2.23. The van der Waals surface area contributed by atoms with Crippen LogP contribution in [0.1, 0.15) is 41.0 Å². The Balaban J connectivity index is 1.90. The third kappa shape index (κ3) is 7.92. The molecule has 13 heteroatoms. The summed E-state index contributed by atoms with van der Waals surface area (Å²) in [5, 5.41) is 4.10. The quantitative estimate of drug-likeness (QED) is 0.0663. The van der Waals surface area contributed by atoms with Crippen LogP contribution < -0.4 is 24.9 Å². The normalized spacial score (nSPS) is 12.0. The van der Waals surface area contributed by atoms with Crippen molar-refractivity contribution < 1.29 is 30.6 Å². The Morgan fingerprint density at radius 2 is 1.60 bits per heavy atom. The van der Waals surface area contributed by atoms with Crippen molar-refractivity contribution in [3.8, 4) is 22.5 Å². The predicted molar refractivity (Wildman–Crippen MR) is 184 cm³/mol. The lowest BCUT2D eigenvalue weighted by atomic mass is 9.93. The van der Waals surface area contributed by atoms with Crippen molar-refractivity contribution in [3.05, 3.63) is 72.1 Å². The van der Waals surface area contributed by atoms with Crippen LogP contribution in [0.3, 0.4) is 0 Å². The Morgan fingerprint density at radius 3 is 2.21 bits per heavy atom. The standard InChI is InChI=1S/C34H42N4O7S2/c1-7-37(8-2)24-12-15-27-30(20-24)45-31-21-25(38(9-3)10-4)13-16-28(31)33(27)29-17-14-26(22-32(29)47(42,43)44)46(40,41)36-19-11-18-35-34(39)23(5)6/h12-17,20-22,36H,5,7-11,18-19H2,1-4,6H3,(H-,35,39,42,43,44). The van der Waals surface area contributed by atoms with Crippen LogP contribution >= 0.6 is 0 Å². The van der Waals surface area contributed by atoms with Crippen molar-refractivity contribution in [2.75, 3.05) is 44.2 Å². The Morgan fingerprint density at radius 1 is 0.915 bits per heavy atom. The molecule has 2 aromatic rings. The van der Waals surface area contributed by atoms with Gasteiger partial charge >= 0.3 is 0 Å². The third-order valence-electron chi connectivity index (χ3n) is 8.07. The van der Waals surface area contributed by atoms with Crippen LogP contribution in [0.15, 0.2) is 81.0 Å². The fourth-order valence-electron chi connectivity index (χ4n) is 5.54. The average molecular weight is 683 g/mol. The van der Waals surface area contributed by atoms with E-state index in [1.54, 1.807) is 6.92 Å². The van der Waals surface area contributed by atoms with E-state index in [-0.39, 0.29) is 35.9 Å². The fraction of sp³-hybridized carbons (Fsp3) is 0.353. The van der Waals surface area contributed by atoms with Gasteiger partial charge in [0, 0.05) is 71.6 Å². The number of anilines is 1. The molecule has 0 radical (unpaired) electrons. The zero-order chi connectivity index (χ0) is 34.5. The van der Waals surface area contributed by atoms with Gasteiger partial charge in [-0.2, -0.15) is 0 Å². The molecule has 2 aromatic carbocycles. The van der Waals surface area contributed by atoms with E-state index in [2.05, 4.69) is 26.1 Å². The van der Waals surface area contributed by atoms with Crippen molar-refractivity contribution in [3.63, 3.8) is 0 Å². The molecule has 0 atom stereocenters. The third-order valence-corrected chi connectivity index (χ3v) is 10.4. The SMILES string of the molecule is C=C(C)C(=O)NCCCNS(=O)(=O)c1ccc(-c2c3ccc(=[N+](CC)CC)cc-3oc3cc(N(CC)CC)ccc23)c(S(=O)(=O)[O-])c1. The molecular weight excluding hydrogens is 641 g/mol. The van der Waals surface area contributed by atoms with E-state index < -0.39 is 25.0 Å². The van der Waals surface area contributed by atoms with Gasteiger partial charge in [-0.25, -0.2) is 26.1 Å². The largest absolute Gasteiger partial charge is 0.744 e. The summed E-state index contributed by atoms with van der Waals surface area (Å²) in [5.41, 5.74) is 2.81. The van der Waals surface area contributed by atoms with Gasteiger partial charge in [-0.3, -0.25) is 4.79 Å². The molecule has 1 aliphatic carbocycles. The lowest BCUT2D eigenvalue weighted by molar-refractivity contribution is -0.117. The van der Waals surface area contributed by atoms with E-state index in [1.165, 1.54) is 12.1 Å². The number of sulfonamides is 1. The van der Waals surface area contributed by atoms with E-state index in [0.29, 0.717) is 33.4 Å². The van der Waals surface area contributed by atoms with Crippen molar-refractivity contribution in [1.29, 1.82) is 0 Å². The van der Waals surface area contributed by atoms with Gasteiger partial charge in [0.2, 0.25) is 21.3 Å². The van der Waals surface area contributed by atoms with Crippen molar-refractivity contribution in [2.45, 2.75) is 50.8 Å². The fourth-order valence-corrected chi connectivity index (χ4v) is 7.43. The minimum Gasteiger partial charge on any atom is -0.744 e. The van der Waals surface area contributed by atoms with Gasteiger partial charge in [-0.05, 0) is 71.4 Å². The van der Waals surface area contributed by atoms with E-state index in [4.69, 9.17) is 4.42 Å². The molecule has 0 saturated carbocycles. The molecule has 0 aromatic heterocycles. The maximum Gasteiger partial charge on any atom is 0.246 e. The summed E-state index contributed by atoms with van der Waals surface area (Å²) < 4.78 is 75.7. The number of hydrogen-bond donors (Lipinski definition) is 2. The zero-order valence-electron chi connectivity index (χ0n) is 27.4. The number of benzene rings is 3. The second-order valence-electron chi connectivity index (χ2n) is 11.1. The molecule has 0 spiro atoms. The predicted octanol–water partition coefficient (Wildman–Crippen LogP) is 4.13. The minimum atomic E-state index is -5.15. The molecule has 0 fully saturated rings. The first-order valence-electron chi connectivity index (χ1n) is 15.6. The topological polar surface area (TPSA) is 152 Å². The van der Waals surface area contributed by atoms with Crippen LogP contribution in [0.25, 0.3) is 33.4 Å². The van der Waals surface area contributed by atoms with E-state index in [0.717, 1.165) is 43.3 Å². The second-order valence-corrected chi connectivity index (χ2v) is 14.2. The average Bonchev–Trinajstić information content (AvgIpc) is 3.03. The molecule has 0 unspecified atom stereocenters. The van der Waals surface area contributed by atoms with Crippen LogP contribution in [-0.2, 0) is 24.9 Å². The number of nitrogens with zero attached hydrogens (tertiary/aromatic N) is 2. The maximum atomic E-state index is 13.2. The van der Waals surface area contributed by atoms with Crippen LogP contribution in [0, 0.1) is 0 Å². The number of amides is 1. The molecule has 252 valence electrons. The molecular formula is C34H42N4O7S2. The molecule has 11 nitrogen and oxygen atoms in total. The van der Waals surface area contributed by atoms with Gasteiger partial charge in [0.25, 0.3) is 0 Å². The summed E-state index contributed by atoms with van der Waals surface area (Å²) in [6.45, 7) is 16.5. The molecule has 1 heterocycles. The number of hydrogen-bond acceptors (Lipinski definition) is 8. The first-order valence-corrected chi connectivity index (χ1v) is 18.5. The Kier molecular flexibility index (Phi) is 11.3. The van der Waals surface area contributed by atoms with Crippen molar-refractivity contribution >= 4 is 42.7 Å². The van der Waals surface area contributed by atoms with Crippen LogP contribution in [0.2, 0.25) is 0 Å². The minimum absolute atomic E-state index is 0.0286. The second kappa shape index (κ2) is 14.8. The molecule has 0 saturated heterocycles. The Bertz CT molecular complexity index is 2060. The molecule has 1 aliphatic heterocycles. The van der Waals surface area contributed by atoms with Crippen molar-refractivity contribution in [2.24, 2.45) is 0 Å². The number of nitrogens with one attached hydrogen (secondary N) is 2. The highest BCUT2D eigenvalue weighted by Gasteiger charge is 2.25. The lowest BCUT2D eigenvalue weighted by Crippen LogP contribution is -2.30.